The molecule has 0 spiro atoms. The van der Waals surface area contributed by atoms with Gasteiger partial charge in [-0.05, 0) is 36.6 Å². The summed E-state index contributed by atoms with van der Waals surface area (Å²) >= 11 is 0. The minimum absolute atomic E-state index is 0.0171. The van der Waals surface area contributed by atoms with Crippen LogP contribution in [0.15, 0.2) is 60.7 Å². The van der Waals surface area contributed by atoms with E-state index in [2.05, 4.69) is 0 Å². The smallest absolute Gasteiger partial charge is 0.264 e. The fourth-order valence-corrected chi connectivity index (χ4v) is 5.60. The van der Waals surface area contributed by atoms with Gasteiger partial charge in [-0.15, -0.1) is 0 Å². The number of benzene rings is 2. The molecule has 2 aromatic rings. The number of carbonyl (C=O) groups is 3. The maximum atomic E-state index is 13.8. The van der Waals surface area contributed by atoms with Crippen molar-refractivity contribution in [2.24, 2.45) is 5.92 Å². The van der Waals surface area contributed by atoms with E-state index in [0.29, 0.717) is 43.0 Å². The molecule has 3 aliphatic rings. The molecule has 0 bridgehead atoms. The molecule has 194 valence electrons. The molecule has 0 unspecified atom stereocenters. The Morgan fingerprint density at radius 3 is 2.62 bits per heavy atom. The van der Waals surface area contributed by atoms with E-state index in [1.165, 1.54) is 0 Å². The number of carbonyl (C=O) groups excluding carboxylic acids is 3. The fraction of sp³-hybridized carbons (Fsp3) is 0.414. The normalized spacial score (nSPS) is 24.1. The highest BCUT2D eigenvalue weighted by Gasteiger charge is 2.53. The number of amides is 3. The lowest BCUT2D eigenvalue weighted by Crippen LogP contribution is -2.45. The van der Waals surface area contributed by atoms with E-state index in [0.717, 1.165) is 18.4 Å². The molecule has 2 fully saturated rings. The lowest BCUT2D eigenvalue weighted by molar-refractivity contribution is -0.139. The Morgan fingerprint density at radius 1 is 1.16 bits per heavy atom. The Bertz CT molecular complexity index is 1230. The largest absolute Gasteiger partial charge is 0.394 e. The van der Waals surface area contributed by atoms with Gasteiger partial charge in [0.25, 0.3) is 5.91 Å². The van der Waals surface area contributed by atoms with Crippen LogP contribution in [0.1, 0.15) is 43.7 Å². The maximum Gasteiger partial charge on any atom is 0.264 e. The van der Waals surface area contributed by atoms with Crippen molar-refractivity contribution in [3.8, 4) is 0 Å². The number of hydrogen-bond acceptors (Lipinski definition) is 5. The SMILES string of the molecule is C[C@H](/C=C/CC(=O)N1CCC[C@H]1CO)[C@@]1(O)C(=O)N(Cc2ccccc2)c2ccc(N3CCC3=O)cc21. The second-order valence-electron chi connectivity index (χ2n) is 10.1. The summed E-state index contributed by atoms with van der Waals surface area (Å²) in [6.45, 7) is 3.28. The quantitative estimate of drug-likeness (QED) is 0.426. The zero-order valence-corrected chi connectivity index (χ0v) is 21.0. The van der Waals surface area contributed by atoms with Crippen LogP contribution in [0.4, 0.5) is 11.4 Å². The number of likely N-dealkylation sites (tertiary alicyclic amines) is 1. The van der Waals surface area contributed by atoms with Gasteiger partial charge in [0.1, 0.15) is 0 Å². The molecule has 3 atom stereocenters. The molecule has 0 aromatic heterocycles. The van der Waals surface area contributed by atoms with Gasteiger partial charge < -0.3 is 24.9 Å². The number of aliphatic hydroxyl groups excluding tert-OH is 1. The van der Waals surface area contributed by atoms with Crippen LogP contribution in [-0.2, 0) is 26.5 Å². The summed E-state index contributed by atoms with van der Waals surface area (Å²) in [5.74, 6) is -1.11. The number of rotatable bonds is 8. The Balaban J connectivity index is 1.42. The number of β-lactam (4-membered cyclic amide) rings is 1. The second kappa shape index (κ2) is 10.1. The summed E-state index contributed by atoms with van der Waals surface area (Å²) in [6, 6.07) is 14.8. The van der Waals surface area contributed by atoms with Crippen LogP contribution in [0.3, 0.4) is 0 Å². The average Bonchev–Trinajstić information content (AvgIpc) is 3.46. The molecule has 2 saturated heterocycles. The molecule has 2 N–H and O–H groups in total. The highest BCUT2D eigenvalue weighted by Crippen LogP contribution is 2.47. The van der Waals surface area contributed by atoms with Gasteiger partial charge >= 0.3 is 0 Å². The molecule has 0 aliphatic carbocycles. The number of fused-ring (bicyclic) bond motifs is 1. The minimum atomic E-state index is -1.84. The molecule has 2 aromatic carbocycles. The molecule has 8 heteroatoms. The first-order valence-corrected chi connectivity index (χ1v) is 12.9. The number of nitrogens with zero attached hydrogens (tertiary/aromatic N) is 3. The van der Waals surface area contributed by atoms with Gasteiger partial charge in [0, 0.05) is 43.1 Å². The predicted molar refractivity (Wildman–Crippen MR) is 140 cm³/mol. The summed E-state index contributed by atoms with van der Waals surface area (Å²) in [6.07, 6.45) is 5.72. The Morgan fingerprint density at radius 2 is 1.95 bits per heavy atom. The zero-order chi connectivity index (χ0) is 26.2. The highest BCUT2D eigenvalue weighted by molar-refractivity contribution is 6.08. The molecule has 3 heterocycles. The topological polar surface area (TPSA) is 101 Å². The van der Waals surface area contributed by atoms with Gasteiger partial charge in [-0.25, -0.2) is 0 Å². The number of aliphatic hydroxyl groups is 2. The number of anilines is 2. The van der Waals surface area contributed by atoms with Crippen molar-refractivity contribution >= 4 is 29.1 Å². The first kappa shape index (κ1) is 25.2. The van der Waals surface area contributed by atoms with Crippen LogP contribution in [0, 0.1) is 5.92 Å². The monoisotopic (exact) mass is 503 g/mol. The van der Waals surface area contributed by atoms with Crippen molar-refractivity contribution in [3.05, 3.63) is 71.8 Å². The summed E-state index contributed by atoms with van der Waals surface area (Å²) in [5, 5.41) is 21.5. The van der Waals surface area contributed by atoms with Crippen LogP contribution < -0.4 is 9.80 Å². The van der Waals surface area contributed by atoms with Gasteiger partial charge in [-0.3, -0.25) is 14.4 Å². The Hall–Kier alpha value is -3.49. The van der Waals surface area contributed by atoms with Crippen molar-refractivity contribution in [2.45, 2.75) is 50.8 Å². The van der Waals surface area contributed by atoms with Gasteiger partial charge in [0.05, 0.1) is 24.9 Å². The van der Waals surface area contributed by atoms with Crippen LogP contribution in [-0.4, -0.2) is 58.6 Å². The van der Waals surface area contributed by atoms with E-state index in [1.54, 1.807) is 45.9 Å². The van der Waals surface area contributed by atoms with Crippen molar-refractivity contribution in [1.29, 1.82) is 0 Å². The predicted octanol–water partition coefficient (Wildman–Crippen LogP) is 2.72. The molecular formula is C29H33N3O5. The van der Waals surface area contributed by atoms with Crippen molar-refractivity contribution in [1.82, 2.24) is 4.90 Å². The summed E-state index contributed by atoms with van der Waals surface area (Å²) < 4.78 is 0. The van der Waals surface area contributed by atoms with Crippen LogP contribution in [0.5, 0.6) is 0 Å². The summed E-state index contributed by atoms with van der Waals surface area (Å²) in [5.41, 5.74) is 0.847. The van der Waals surface area contributed by atoms with E-state index in [9.17, 15) is 24.6 Å². The fourth-order valence-electron chi connectivity index (χ4n) is 5.60. The lowest BCUT2D eigenvalue weighted by atomic mass is 9.82. The Labute approximate surface area is 216 Å². The van der Waals surface area contributed by atoms with Crippen molar-refractivity contribution in [3.63, 3.8) is 0 Å². The standard InChI is InChI=1S/C29H33N3O5/c1-20(7-5-11-26(34)30-15-6-10-23(30)19-33)29(37)24-17-22(31-16-14-27(31)35)12-13-25(24)32(28(29)36)18-21-8-3-2-4-9-21/h2-5,7-9,12-13,17,20,23,33,37H,6,10-11,14-16,18-19H2,1H3/b7-5+/t20-,23+,29+/m1/s1. The molecule has 0 radical (unpaired) electrons. The van der Waals surface area contributed by atoms with Crippen molar-refractivity contribution in [2.75, 3.05) is 29.5 Å². The third-order valence-corrected chi connectivity index (χ3v) is 7.88. The molecule has 3 amide bonds. The van der Waals surface area contributed by atoms with Gasteiger partial charge in [-0.1, -0.05) is 49.4 Å². The van der Waals surface area contributed by atoms with Crippen molar-refractivity contribution < 1.29 is 24.6 Å². The van der Waals surface area contributed by atoms with Crippen LogP contribution >= 0.6 is 0 Å². The summed E-state index contributed by atoms with van der Waals surface area (Å²) in [4.78, 5) is 43.5. The van der Waals surface area contributed by atoms with Gasteiger partial charge in [-0.2, -0.15) is 0 Å². The van der Waals surface area contributed by atoms with E-state index in [1.807, 2.05) is 36.4 Å². The van der Waals surface area contributed by atoms with Crippen LogP contribution in [0.25, 0.3) is 0 Å². The van der Waals surface area contributed by atoms with Crippen LogP contribution in [0.2, 0.25) is 0 Å². The van der Waals surface area contributed by atoms with E-state index in [4.69, 9.17) is 0 Å². The molecular weight excluding hydrogens is 470 g/mol. The van der Waals surface area contributed by atoms with Gasteiger partial charge in [0.2, 0.25) is 11.8 Å². The first-order valence-electron chi connectivity index (χ1n) is 12.9. The lowest BCUT2D eigenvalue weighted by Gasteiger charge is -2.32. The zero-order valence-electron chi connectivity index (χ0n) is 21.0. The highest BCUT2D eigenvalue weighted by atomic mass is 16.3. The third-order valence-electron chi connectivity index (χ3n) is 7.88. The van der Waals surface area contributed by atoms with Gasteiger partial charge in [0.15, 0.2) is 5.60 Å². The van der Waals surface area contributed by atoms with E-state index < -0.39 is 17.4 Å². The summed E-state index contributed by atoms with van der Waals surface area (Å²) in [7, 11) is 0. The van der Waals surface area contributed by atoms with E-state index >= 15 is 0 Å². The molecule has 0 saturated carbocycles. The Kier molecular flexibility index (Phi) is 6.88. The first-order chi connectivity index (χ1) is 17.8. The minimum Gasteiger partial charge on any atom is -0.394 e. The maximum absolute atomic E-state index is 13.8. The molecule has 8 nitrogen and oxygen atoms in total. The third kappa shape index (κ3) is 4.45. The molecule has 3 aliphatic heterocycles. The van der Waals surface area contributed by atoms with E-state index in [-0.39, 0.29) is 30.9 Å². The average molecular weight is 504 g/mol. The number of hydrogen-bond donors (Lipinski definition) is 2. The molecule has 37 heavy (non-hydrogen) atoms. The second-order valence-corrected chi connectivity index (χ2v) is 10.1. The molecule has 5 rings (SSSR count).